The third-order valence-electron chi connectivity index (χ3n) is 5.29. The predicted octanol–water partition coefficient (Wildman–Crippen LogP) is 0.184. The van der Waals surface area contributed by atoms with Crippen molar-refractivity contribution in [3.63, 3.8) is 0 Å². The molecule has 1 saturated heterocycles. The van der Waals surface area contributed by atoms with Gasteiger partial charge in [-0.15, -0.1) is 0 Å². The van der Waals surface area contributed by atoms with Gasteiger partial charge in [0.2, 0.25) is 0 Å². The number of nitrogens with one attached hydrogen (secondary N) is 1. The minimum Gasteiger partial charge on any atom is -0.493 e. The van der Waals surface area contributed by atoms with Crippen LogP contribution in [0, 0.1) is 0 Å². The first-order chi connectivity index (χ1) is 16.2. The maximum Gasteiger partial charge on any atom is 0.469 e. The molecule has 4 rings (SSSR count). The van der Waals surface area contributed by atoms with Crippen LogP contribution in [-0.2, 0) is 20.4 Å². The number of hydrogen-bond acceptors (Lipinski definition) is 11. The van der Waals surface area contributed by atoms with Gasteiger partial charge < -0.3 is 39.5 Å². The minimum atomic E-state index is -4.77. The highest BCUT2D eigenvalue weighted by Crippen LogP contribution is 2.39. The predicted molar refractivity (Wildman–Crippen MR) is 116 cm³/mol. The number of fused-ring (bicyclic) bond motifs is 1. The van der Waals surface area contributed by atoms with E-state index in [9.17, 15) is 14.8 Å². The van der Waals surface area contributed by atoms with E-state index >= 15 is 0 Å². The van der Waals surface area contributed by atoms with Crippen molar-refractivity contribution in [2.75, 3.05) is 26.1 Å². The van der Waals surface area contributed by atoms with Crippen molar-refractivity contribution in [3.8, 4) is 11.5 Å². The van der Waals surface area contributed by atoms with E-state index in [1.54, 1.807) is 20.3 Å². The molecule has 0 amide bonds. The Labute approximate surface area is 193 Å². The van der Waals surface area contributed by atoms with Gasteiger partial charge >= 0.3 is 7.82 Å². The van der Waals surface area contributed by atoms with Crippen LogP contribution in [-0.4, -0.2) is 78.7 Å². The fourth-order valence-corrected chi connectivity index (χ4v) is 3.95. The highest BCUT2D eigenvalue weighted by molar-refractivity contribution is 7.46. The Kier molecular flexibility index (Phi) is 7.00. The van der Waals surface area contributed by atoms with E-state index in [1.807, 2.05) is 12.1 Å². The number of methoxy groups -OCH3 is 2. The van der Waals surface area contributed by atoms with Gasteiger partial charge in [-0.25, -0.2) is 19.5 Å². The molecule has 184 valence electrons. The van der Waals surface area contributed by atoms with Crippen LogP contribution in [0.3, 0.4) is 0 Å². The molecule has 2 aromatic heterocycles. The summed E-state index contributed by atoms with van der Waals surface area (Å²) in [5.74, 6) is 1.62. The molecule has 34 heavy (non-hydrogen) atoms. The highest BCUT2D eigenvalue weighted by atomic mass is 31.2. The summed E-state index contributed by atoms with van der Waals surface area (Å²) in [5.41, 5.74) is 1.61. The first-order valence-electron chi connectivity index (χ1n) is 10.1. The van der Waals surface area contributed by atoms with Crippen molar-refractivity contribution < 1.29 is 43.3 Å². The van der Waals surface area contributed by atoms with Gasteiger partial charge in [-0.1, -0.05) is 6.07 Å². The van der Waals surface area contributed by atoms with Crippen LogP contribution >= 0.6 is 7.82 Å². The molecule has 0 saturated carbocycles. The molecule has 0 spiro atoms. The Hall–Kier alpha value is -2.84. The number of aromatic nitrogens is 4. The van der Waals surface area contributed by atoms with Gasteiger partial charge in [0.15, 0.2) is 34.7 Å². The zero-order valence-electron chi connectivity index (χ0n) is 18.2. The lowest BCUT2D eigenvalue weighted by Crippen LogP contribution is -2.33. The molecule has 3 aromatic rings. The Morgan fingerprint density at radius 3 is 2.59 bits per heavy atom. The van der Waals surface area contributed by atoms with E-state index in [-0.39, 0.29) is 0 Å². The molecule has 14 nitrogen and oxygen atoms in total. The van der Waals surface area contributed by atoms with Crippen LogP contribution < -0.4 is 14.8 Å². The molecule has 1 fully saturated rings. The number of anilines is 1. The first-order valence-corrected chi connectivity index (χ1v) is 11.6. The highest BCUT2D eigenvalue weighted by Gasteiger charge is 2.45. The van der Waals surface area contributed by atoms with Crippen molar-refractivity contribution in [2.45, 2.75) is 31.1 Å². The lowest BCUT2D eigenvalue weighted by molar-refractivity contribution is -0.0504. The first kappa shape index (κ1) is 24.3. The summed E-state index contributed by atoms with van der Waals surface area (Å²) in [6, 6.07) is 5.49. The number of ether oxygens (including phenoxy) is 3. The van der Waals surface area contributed by atoms with Gasteiger partial charge in [0, 0.05) is 6.54 Å². The molecular formula is C19H24N5O9P. The maximum absolute atomic E-state index is 11.0. The smallest absolute Gasteiger partial charge is 0.469 e. The van der Waals surface area contributed by atoms with Crippen molar-refractivity contribution in [3.05, 3.63) is 36.4 Å². The molecular weight excluding hydrogens is 473 g/mol. The third-order valence-corrected chi connectivity index (χ3v) is 5.77. The lowest BCUT2D eigenvalue weighted by atomic mass is 10.1. The number of benzene rings is 1. The summed E-state index contributed by atoms with van der Waals surface area (Å²) in [7, 11) is -1.66. The maximum atomic E-state index is 11.0. The van der Waals surface area contributed by atoms with Gasteiger partial charge in [0.1, 0.15) is 24.6 Å². The summed E-state index contributed by atoms with van der Waals surface area (Å²) < 4.78 is 32.9. The largest absolute Gasteiger partial charge is 0.493 e. The van der Waals surface area contributed by atoms with Gasteiger partial charge in [-0.05, 0) is 17.7 Å². The summed E-state index contributed by atoms with van der Waals surface area (Å²) in [6.07, 6.45) is -2.47. The minimum absolute atomic E-state index is 0.317. The zero-order valence-corrected chi connectivity index (χ0v) is 19.1. The molecule has 4 atom stereocenters. The van der Waals surface area contributed by atoms with Gasteiger partial charge in [-0.3, -0.25) is 9.09 Å². The molecule has 0 radical (unpaired) electrons. The molecule has 0 unspecified atom stereocenters. The van der Waals surface area contributed by atoms with Crippen molar-refractivity contribution >= 4 is 24.8 Å². The monoisotopic (exact) mass is 497 g/mol. The van der Waals surface area contributed by atoms with Gasteiger partial charge in [0.25, 0.3) is 0 Å². The Bertz CT molecular complexity index is 1200. The molecule has 1 aromatic carbocycles. The fourth-order valence-electron chi connectivity index (χ4n) is 3.61. The molecule has 0 bridgehead atoms. The SMILES string of the molecule is COc1ccc(CNc2ncnc3c2ncn3[C@@H]2O[C@H](COP(=O)(O)O)[C@@H](O)[C@H]2O)cc1OC. The Morgan fingerprint density at radius 1 is 1.12 bits per heavy atom. The normalized spacial score (nSPS) is 22.8. The quantitative estimate of drug-likeness (QED) is 0.252. The molecule has 3 heterocycles. The van der Waals surface area contributed by atoms with Crippen LogP contribution in [0.25, 0.3) is 11.2 Å². The number of phosphoric acid groups is 1. The molecule has 1 aliphatic heterocycles. The van der Waals surface area contributed by atoms with Gasteiger partial charge in [0.05, 0.1) is 27.2 Å². The van der Waals surface area contributed by atoms with Crippen molar-refractivity contribution in [2.24, 2.45) is 0 Å². The van der Waals surface area contributed by atoms with E-state index < -0.39 is 39.0 Å². The number of aliphatic hydroxyl groups is 2. The molecule has 1 aliphatic rings. The Balaban J connectivity index is 1.52. The topological polar surface area (TPSA) is 191 Å². The van der Waals surface area contributed by atoms with Crippen LogP contribution in [0.1, 0.15) is 11.8 Å². The summed E-state index contributed by atoms with van der Waals surface area (Å²) in [5, 5.41) is 23.9. The van der Waals surface area contributed by atoms with E-state index in [1.165, 1.54) is 17.2 Å². The summed E-state index contributed by atoms with van der Waals surface area (Å²) in [6.45, 7) is -0.221. The van der Waals surface area contributed by atoms with Crippen LogP contribution in [0.2, 0.25) is 0 Å². The van der Waals surface area contributed by atoms with E-state index in [4.69, 9.17) is 24.0 Å². The Morgan fingerprint density at radius 2 is 1.88 bits per heavy atom. The second-order valence-corrected chi connectivity index (χ2v) is 8.66. The second kappa shape index (κ2) is 9.80. The number of rotatable bonds is 9. The van der Waals surface area contributed by atoms with Crippen LogP contribution in [0.5, 0.6) is 11.5 Å². The second-order valence-electron chi connectivity index (χ2n) is 7.42. The number of nitrogens with zero attached hydrogens (tertiary/aromatic N) is 4. The van der Waals surface area contributed by atoms with Crippen LogP contribution in [0.4, 0.5) is 5.82 Å². The lowest BCUT2D eigenvalue weighted by Gasteiger charge is -2.16. The van der Waals surface area contributed by atoms with Crippen molar-refractivity contribution in [1.29, 1.82) is 0 Å². The molecule has 0 aliphatic carbocycles. The zero-order chi connectivity index (χ0) is 24.5. The molecule has 15 heteroatoms. The van der Waals surface area contributed by atoms with Crippen molar-refractivity contribution in [1.82, 2.24) is 19.5 Å². The van der Waals surface area contributed by atoms with E-state index in [2.05, 4.69) is 24.8 Å². The third kappa shape index (κ3) is 4.98. The summed E-state index contributed by atoms with van der Waals surface area (Å²) in [4.78, 5) is 30.5. The number of hydrogen-bond donors (Lipinski definition) is 5. The fraction of sp³-hybridized carbons (Fsp3) is 0.421. The number of phosphoric ester groups is 1. The number of aliphatic hydroxyl groups excluding tert-OH is 2. The van der Waals surface area contributed by atoms with Crippen LogP contribution in [0.15, 0.2) is 30.9 Å². The van der Waals surface area contributed by atoms with Gasteiger partial charge in [-0.2, -0.15) is 0 Å². The average Bonchev–Trinajstić information content (AvgIpc) is 3.37. The van der Waals surface area contributed by atoms with E-state index in [0.717, 1.165) is 5.56 Å². The summed E-state index contributed by atoms with van der Waals surface area (Å²) >= 11 is 0. The average molecular weight is 497 g/mol. The standard InChI is InChI=1S/C19H24N5O9P/c1-30-11-4-3-10(5-12(11)31-2)6-20-17-14-18(22-8-21-17)24(9-23-14)19-16(26)15(25)13(33-19)7-32-34(27,28)29/h3-5,8-9,13,15-16,19,25-26H,6-7H2,1-2H3,(H,20,21,22)(H2,27,28,29)/t13-,15-,16-,19-/m1/s1. The number of imidazole rings is 1. The van der Waals surface area contributed by atoms with E-state index in [0.29, 0.717) is 35.0 Å². The molecule has 5 N–H and O–H groups in total.